The van der Waals surface area contributed by atoms with Gasteiger partial charge in [-0.2, -0.15) is 0 Å². The van der Waals surface area contributed by atoms with Crippen LogP contribution < -0.4 is 14.8 Å². The summed E-state index contributed by atoms with van der Waals surface area (Å²) in [7, 11) is 4.52. The van der Waals surface area contributed by atoms with E-state index in [9.17, 15) is 9.59 Å². The third kappa shape index (κ3) is 7.00. The average molecular weight is 542 g/mol. The largest absolute Gasteiger partial charge is 0.497 e. The molecule has 2 unspecified atom stereocenters. The molecule has 2 atom stereocenters. The monoisotopic (exact) mass is 541 g/mol. The maximum Gasteiger partial charge on any atom is 0.329 e. The van der Waals surface area contributed by atoms with Crippen molar-refractivity contribution in [3.63, 3.8) is 0 Å². The molecule has 1 amide bonds. The Morgan fingerprint density at radius 1 is 0.667 bits per heavy atom. The van der Waals surface area contributed by atoms with Crippen LogP contribution in [0.3, 0.4) is 0 Å². The van der Waals surface area contributed by atoms with Crippen molar-refractivity contribution in [2.45, 2.75) is 22.1 Å². The second-order valence-electron chi connectivity index (χ2n) is 8.76. The summed E-state index contributed by atoms with van der Waals surface area (Å²) in [5.74, 6) is -0.137. The van der Waals surface area contributed by atoms with Crippen molar-refractivity contribution in [2.75, 3.05) is 21.3 Å². The predicted octanol–water partition coefficient (Wildman–Crippen LogP) is 6.03. The van der Waals surface area contributed by atoms with E-state index < -0.39 is 23.2 Å². The zero-order valence-electron chi connectivity index (χ0n) is 22.1. The molecule has 0 saturated heterocycles. The van der Waals surface area contributed by atoms with Gasteiger partial charge in [-0.1, -0.05) is 78.9 Å². The maximum absolute atomic E-state index is 14.0. The van der Waals surface area contributed by atoms with Crippen LogP contribution in [0.15, 0.2) is 114 Å². The minimum absolute atomic E-state index is 0.304. The zero-order chi connectivity index (χ0) is 27.6. The van der Waals surface area contributed by atoms with Crippen LogP contribution in [-0.2, 0) is 14.3 Å². The van der Waals surface area contributed by atoms with E-state index in [2.05, 4.69) is 5.32 Å². The van der Waals surface area contributed by atoms with E-state index in [1.165, 1.54) is 18.9 Å². The van der Waals surface area contributed by atoms with Gasteiger partial charge < -0.3 is 19.5 Å². The number of carbonyl (C=O) groups excluding carboxylic acids is 2. The van der Waals surface area contributed by atoms with E-state index in [-0.39, 0.29) is 5.91 Å². The number of thioether (sulfide) groups is 1. The summed E-state index contributed by atoms with van der Waals surface area (Å²) >= 11 is 1.44. The van der Waals surface area contributed by atoms with Gasteiger partial charge in [0.05, 0.1) is 32.5 Å². The third-order valence-electron chi connectivity index (χ3n) is 6.31. The molecule has 0 spiro atoms. The first-order chi connectivity index (χ1) is 19.0. The van der Waals surface area contributed by atoms with E-state index in [4.69, 9.17) is 14.2 Å². The van der Waals surface area contributed by atoms with Crippen LogP contribution >= 0.6 is 11.8 Å². The van der Waals surface area contributed by atoms with Crippen molar-refractivity contribution in [1.82, 2.24) is 5.32 Å². The minimum atomic E-state index is -0.999. The van der Waals surface area contributed by atoms with E-state index in [1.807, 2.05) is 109 Å². The lowest BCUT2D eigenvalue weighted by atomic mass is 9.90. The summed E-state index contributed by atoms with van der Waals surface area (Å²) in [4.78, 5) is 28.2. The van der Waals surface area contributed by atoms with Crippen LogP contribution in [-0.4, -0.2) is 39.2 Å². The number of esters is 1. The number of rotatable bonds is 11. The first-order valence-corrected chi connectivity index (χ1v) is 13.3. The molecule has 7 heteroatoms. The summed E-state index contributed by atoms with van der Waals surface area (Å²) in [6, 6.07) is 33.1. The molecule has 6 nitrogen and oxygen atoms in total. The molecule has 0 saturated carbocycles. The molecule has 4 aromatic carbocycles. The number of amides is 1. The second kappa shape index (κ2) is 13.5. The van der Waals surface area contributed by atoms with Gasteiger partial charge in [-0.15, -0.1) is 11.8 Å². The van der Waals surface area contributed by atoms with E-state index in [0.29, 0.717) is 11.5 Å². The molecular weight excluding hydrogens is 510 g/mol. The van der Waals surface area contributed by atoms with Crippen LogP contribution in [0.2, 0.25) is 0 Å². The Hall–Kier alpha value is -4.23. The van der Waals surface area contributed by atoms with Crippen LogP contribution in [0.5, 0.6) is 11.5 Å². The normalized spacial score (nSPS) is 12.3. The van der Waals surface area contributed by atoms with Crippen LogP contribution in [0.4, 0.5) is 0 Å². The predicted molar refractivity (Wildman–Crippen MR) is 153 cm³/mol. The number of hydrogen-bond donors (Lipinski definition) is 1. The summed E-state index contributed by atoms with van der Waals surface area (Å²) in [5, 5.41) is 2.51. The van der Waals surface area contributed by atoms with Crippen molar-refractivity contribution in [1.29, 1.82) is 0 Å². The lowest BCUT2D eigenvalue weighted by Gasteiger charge is -2.28. The quantitative estimate of drug-likeness (QED) is 0.185. The minimum Gasteiger partial charge on any atom is -0.497 e. The van der Waals surface area contributed by atoms with Crippen molar-refractivity contribution in [2.24, 2.45) is 0 Å². The molecule has 0 aliphatic carbocycles. The summed E-state index contributed by atoms with van der Waals surface area (Å²) < 4.78 is 16.1. The highest BCUT2D eigenvalue weighted by molar-refractivity contribution is 7.99. The molecule has 1 N–H and O–H groups in total. The fourth-order valence-electron chi connectivity index (χ4n) is 4.38. The molecule has 0 bridgehead atoms. The Bertz CT molecular complexity index is 1340. The van der Waals surface area contributed by atoms with Crippen molar-refractivity contribution in [3.8, 4) is 11.5 Å². The molecule has 0 heterocycles. The van der Waals surface area contributed by atoms with Gasteiger partial charge in [-0.3, -0.25) is 4.79 Å². The SMILES string of the molecule is COC(=O)C(NC(=O)C(c1ccccc1)c1ccccc1)C(Sc1cccc(OC)c1)c1cccc(OC)c1. The van der Waals surface area contributed by atoms with Crippen LogP contribution in [0, 0.1) is 0 Å². The standard InChI is InChI=1S/C32H31NO5S/c1-36-25-17-10-16-24(20-25)30(39-27-19-11-18-26(21-27)37-2)29(32(35)38-3)33-31(34)28(22-12-6-4-7-13-22)23-14-8-5-9-15-23/h4-21,28-30H,1-3H3,(H,33,34). The number of ether oxygens (including phenoxy) is 3. The van der Waals surface area contributed by atoms with Crippen molar-refractivity contribution < 1.29 is 23.8 Å². The summed E-state index contributed by atoms with van der Waals surface area (Å²) in [6.45, 7) is 0. The Morgan fingerprint density at radius 3 is 1.77 bits per heavy atom. The zero-order valence-corrected chi connectivity index (χ0v) is 22.9. The molecule has 0 aromatic heterocycles. The van der Waals surface area contributed by atoms with Gasteiger partial charge in [-0.25, -0.2) is 4.79 Å². The average Bonchev–Trinajstić information content (AvgIpc) is 2.99. The molecular formula is C32H31NO5S. The summed E-state index contributed by atoms with van der Waals surface area (Å²) in [6.07, 6.45) is 0. The molecule has 0 aliphatic heterocycles. The van der Waals surface area contributed by atoms with Gasteiger partial charge in [0.25, 0.3) is 0 Å². The smallest absolute Gasteiger partial charge is 0.329 e. The number of benzene rings is 4. The first-order valence-electron chi connectivity index (χ1n) is 12.5. The van der Waals surface area contributed by atoms with E-state index in [0.717, 1.165) is 21.6 Å². The van der Waals surface area contributed by atoms with Gasteiger partial charge in [-0.05, 0) is 47.0 Å². The van der Waals surface area contributed by atoms with E-state index in [1.54, 1.807) is 14.2 Å². The summed E-state index contributed by atoms with van der Waals surface area (Å²) in [5.41, 5.74) is 2.44. The Morgan fingerprint density at radius 2 is 1.21 bits per heavy atom. The van der Waals surface area contributed by atoms with E-state index >= 15 is 0 Å². The highest BCUT2D eigenvalue weighted by Crippen LogP contribution is 2.41. The molecule has 4 rings (SSSR count). The molecule has 4 aromatic rings. The van der Waals surface area contributed by atoms with Crippen molar-refractivity contribution in [3.05, 3.63) is 126 Å². The van der Waals surface area contributed by atoms with Gasteiger partial charge in [0.2, 0.25) is 5.91 Å². The van der Waals surface area contributed by atoms with Crippen molar-refractivity contribution >= 4 is 23.6 Å². The highest BCUT2D eigenvalue weighted by atomic mass is 32.2. The third-order valence-corrected chi connectivity index (χ3v) is 7.63. The van der Waals surface area contributed by atoms with Crippen LogP contribution in [0.25, 0.3) is 0 Å². The van der Waals surface area contributed by atoms with Gasteiger partial charge in [0.15, 0.2) is 0 Å². The molecule has 200 valence electrons. The Balaban J connectivity index is 1.76. The number of nitrogens with one attached hydrogen (secondary N) is 1. The molecule has 0 radical (unpaired) electrons. The highest BCUT2D eigenvalue weighted by Gasteiger charge is 2.36. The molecule has 0 aliphatic rings. The number of methoxy groups -OCH3 is 3. The second-order valence-corrected chi connectivity index (χ2v) is 9.97. The molecule has 0 fully saturated rings. The topological polar surface area (TPSA) is 73.9 Å². The number of carbonyl (C=O) groups is 2. The first kappa shape index (κ1) is 27.8. The Labute approximate surface area is 233 Å². The maximum atomic E-state index is 14.0. The fourth-order valence-corrected chi connectivity index (χ4v) is 5.61. The number of hydrogen-bond acceptors (Lipinski definition) is 6. The fraction of sp³-hybridized carbons (Fsp3) is 0.188. The Kier molecular flexibility index (Phi) is 9.64. The van der Waals surface area contributed by atoms with Gasteiger partial charge in [0.1, 0.15) is 17.5 Å². The van der Waals surface area contributed by atoms with Gasteiger partial charge >= 0.3 is 5.97 Å². The van der Waals surface area contributed by atoms with Gasteiger partial charge in [0, 0.05) is 4.90 Å². The lowest BCUT2D eigenvalue weighted by molar-refractivity contribution is -0.145. The lowest BCUT2D eigenvalue weighted by Crippen LogP contribution is -2.46. The molecule has 39 heavy (non-hydrogen) atoms. The van der Waals surface area contributed by atoms with Crippen LogP contribution in [0.1, 0.15) is 27.9 Å².